The van der Waals surface area contributed by atoms with Crippen molar-refractivity contribution in [2.75, 3.05) is 53.0 Å². The smallest absolute Gasteiger partial charge is 0.407 e. The molecule has 2 amide bonds. The molecule has 3 aliphatic rings. The molecule has 1 saturated carbocycles. The van der Waals surface area contributed by atoms with Crippen LogP contribution in [-0.4, -0.2) is 102 Å². The van der Waals surface area contributed by atoms with Crippen LogP contribution in [0.4, 0.5) is 4.79 Å². The maximum Gasteiger partial charge on any atom is 0.407 e. The van der Waals surface area contributed by atoms with Gasteiger partial charge in [-0.3, -0.25) is 4.79 Å². The van der Waals surface area contributed by atoms with Crippen molar-refractivity contribution in [1.29, 1.82) is 0 Å². The third kappa shape index (κ3) is 4.29. The molecule has 2 N–H and O–H groups in total. The van der Waals surface area contributed by atoms with E-state index < -0.39 is 6.09 Å². The molecule has 26 heavy (non-hydrogen) atoms. The number of ether oxygens (including phenoxy) is 1. The van der Waals surface area contributed by atoms with Gasteiger partial charge in [0.2, 0.25) is 5.91 Å². The highest BCUT2D eigenvalue weighted by atomic mass is 16.5. The van der Waals surface area contributed by atoms with Crippen molar-refractivity contribution in [3.8, 4) is 0 Å². The van der Waals surface area contributed by atoms with E-state index in [4.69, 9.17) is 9.84 Å². The Bertz CT molecular complexity index is 525. The summed E-state index contributed by atoms with van der Waals surface area (Å²) < 4.78 is 5.33. The highest BCUT2D eigenvalue weighted by molar-refractivity contribution is 5.78. The van der Waals surface area contributed by atoms with Crippen molar-refractivity contribution < 1.29 is 24.5 Å². The minimum absolute atomic E-state index is 0.00795. The van der Waals surface area contributed by atoms with E-state index in [-0.39, 0.29) is 36.4 Å². The lowest BCUT2D eigenvalue weighted by molar-refractivity contribution is -0.134. The molecule has 1 spiro atoms. The van der Waals surface area contributed by atoms with Gasteiger partial charge >= 0.3 is 6.09 Å². The Morgan fingerprint density at radius 2 is 2.04 bits per heavy atom. The van der Waals surface area contributed by atoms with Gasteiger partial charge in [0.15, 0.2) is 0 Å². The number of amides is 2. The normalized spacial score (nSPS) is 27.5. The second-order valence-corrected chi connectivity index (χ2v) is 7.93. The molecule has 2 atom stereocenters. The van der Waals surface area contributed by atoms with E-state index in [0.29, 0.717) is 26.2 Å². The maximum absolute atomic E-state index is 12.5. The zero-order chi connectivity index (χ0) is 18.7. The SMILES string of the molecule is COC[C@H](CCN1CCC2(CC2)[C@H](O)C1)N1CCN(C(=O)O)CCC1=O. The van der Waals surface area contributed by atoms with E-state index in [9.17, 15) is 14.7 Å². The van der Waals surface area contributed by atoms with Crippen LogP contribution in [0.25, 0.3) is 0 Å². The monoisotopic (exact) mass is 369 g/mol. The summed E-state index contributed by atoms with van der Waals surface area (Å²) in [5.74, 6) is -0.00795. The van der Waals surface area contributed by atoms with Crippen molar-refractivity contribution >= 4 is 12.0 Å². The fraction of sp³-hybridized carbons (Fsp3) is 0.889. The minimum atomic E-state index is -0.973. The molecule has 0 radical (unpaired) electrons. The molecule has 148 valence electrons. The van der Waals surface area contributed by atoms with Crippen LogP contribution < -0.4 is 0 Å². The quantitative estimate of drug-likeness (QED) is 0.706. The lowest BCUT2D eigenvalue weighted by Crippen LogP contribution is -2.49. The van der Waals surface area contributed by atoms with E-state index >= 15 is 0 Å². The second kappa shape index (κ2) is 8.10. The summed E-state index contributed by atoms with van der Waals surface area (Å²) in [5.41, 5.74) is 0.198. The van der Waals surface area contributed by atoms with E-state index in [0.717, 1.165) is 38.8 Å². The number of hydrogen-bond donors (Lipinski definition) is 2. The molecular weight excluding hydrogens is 338 g/mol. The van der Waals surface area contributed by atoms with Crippen LogP contribution in [-0.2, 0) is 9.53 Å². The van der Waals surface area contributed by atoms with Crippen LogP contribution in [0.15, 0.2) is 0 Å². The van der Waals surface area contributed by atoms with Crippen LogP contribution in [0.3, 0.4) is 0 Å². The van der Waals surface area contributed by atoms with Crippen LogP contribution in [0, 0.1) is 5.41 Å². The van der Waals surface area contributed by atoms with Gasteiger partial charge in [0, 0.05) is 46.3 Å². The lowest BCUT2D eigenvalue weighted by atomic mass is 9.90. The number of hydrogen-bond acceptors (Lipinski definition) is 5. The number of β-amino-alcohol motifs (C(OH)–C–C–N with tert-alkyl or cyclic N) is 1. The molecule has 0 aromatic carbocycles. The number of likely N-dealkylation sites (tertiary alicyclic amines) is 1. The van der Waals surface area contributed by atoms with E-state index in [1.54, 1.807) is 12.0 Å². The topological polar surface area (TPSA) is 93.6 Å². The first-order valence-corrected chi connectivity index (χ1v) is 9.62. The summed E-state index contributed by atoms with van der Waals surface area (Å²) in [7, 11) is 1.63. The lowest BCUT2D eigenvalue weighted by Gasteiger charge is -2.38. The zero-order valence-corrected chi connectivity index (χ0v) is 15.6. The van der Waals surface area contributed by atoms with Crippen molar-refractivity contribution in [1.82, 2.24) is 14.7 Å². The Balaban J connectivity index is 1.54. The number of piperidine rings is 1. The zero-order valence-electron chi connectivity index (χ0n) is 15.6. The van der Waals surface area contributed by atoms with Crippen LogP contribution in [0.5, 0.6) is 0 Å². The number of rotatable bonds is 6. The number of aliphatic hydroxyl groups is 1. The van der Waals surface area contributed by atoms with Gasteiger partial charge in [0.1, 0.15) is 0 Å². The number of carboxylic acid groups (broad SMARTS) is 1. The summed E-state index contributed by atoms with van der Waals surface area (Å²) in [4.78, 5) is 29.0. The highest BCUT2D eigenvalue weighted by Crippen LogP contribution is 2.53. The van der Waals surface area contributed by atoms with Gasteiger partial charge in [0.25, 0.3) is 0 Å². The first-order valence-electron chi connectivity index (χ1n) is 9.62. The summed E-state index contributed by atoms with van der Waals surface area (Å²) in [6.07, 6.45) is 3.14. The Labute approximate surface area is 154 Å². The second-order valence-electron chi connectivity index (χ2n) is 7.93. The summed E-state index contributed by atoms with van der Waals surface area (Å²) in [5, 5.41) is 19.5. The van der Waals surface area contributed by atoms with Gasteiger partial charge < -0.3 is 29.6 Å². The molecule has 2 aliphatic heterocycles. The molecule has 0 bridgehead atoms. The van der Waals surface area contributed by atoms with E-state index in [2.05, 4.69) is 4.90 Å². The molecular formula is C18H31N3O5. The Morgan fingerprint density at radius 1 is 1.27 bits per heavy atom. The number of nitrogens with zero attached hydrogens (tertiary/aromatic N) is 3. The molecule has 0 aromatic rings. The number of aliphatic hydroxyl groups excluding tert-OH is 1. The van der Waals surface area contributed by atoms with Gasteiger partial charge in [-0.2, -0.15) is 0 Å². The molecule has 0 aromatic heterocycles. The minimum Gasteiger partial charge on any atom is -0.465 e. The van der Waals surface area contributed by atoms with Crippen molar-refractivity contribution in [3.63, 3.8) is 0 Å². The van der Waals surface area contributed by atoms with Crippen LogP contribution >= 0.6 is 0 Å². The third-order valence-electron chi connectivity index (χ3n) is 6.33. The Morgan fingerprint density at radius 3 is 2.65 bits per heavy atom. The molecule has 2 saturated heterocycles. The Hall–Kier alpha value is -1.38. The number of methoxy groups -OCH3 is 1. The molecule has 1 aliphatic carbocycles. The number of carbonyl (C=O) groups is 2. The predicted molar refractivity (Wildman–Crippen MR) is 94.9 cm³/mol. The van der Waals surface area contributed by atoms with Gasteiger partial charge in [-0.25, -0.2) is 4.79 Å². The third-order valence-corrected chi connectivity index (χ3v) is 6.33. The van der Waals surface area contributed by atoms with Gasteiger partial charge in [-0.1, -0.05) is 0 Å². The van der Waals surface area contributed by atoms with E-state index in [1.165, 1.54) is 4.90 Å². The van der Waals surface area contributed by atoms with E-state index in [1.807, 2.05) is 0 Å². The fourth-order valence-electron chi connectivity index (χ4n) is 4.29. The molecule has 3 rings (SSSR count). The molecule has 0 unspecified atom stereocenters. The van der Waals surface area contributed by atoms with Crippen molar-refractivity contribution in [2.24, 2.45) is 5.41 Å². The summed E-state index contributed by atoms with van der Waals surface area (Å²) >= 11 is 0. The first kappa shape index (κ1) is 19.4. The predicted octanol–water partition coefficient (Wildman–Crippen LogP) is 0.451. The molecule has 3 fully saturated rings. The molecule has 8 nitrogen and oxygen atoms in total. The van der Waals surface area contributed by atoms with Crippen LogP contribution in [0.1, 0.15) is 32.1 Å². The average molecular weight is 369 g/mol. The fourth-order valence-corrected chi connectivity index (χ4v) is 4.29. The van der Waals surface area contributed by atoms with Crippen molar-refractivity contribution in [2.45, 2.75) is 44.2 Å². The summed E-state index contributed by atoms with van der Waals surface area (Å²) in [6, 6.07) is -0.0600. The van der Waals surface area contributed by atoms with Crippen molar-refractivity contribution in [3.05, 3.63) is 0 Å². The summed E-state index contributed by atoms with van der Waals surface area (Å²) in [6.45, 7) is 3.96. The Kier molecular flexibility index (Phi) is 6.04. The highest BCUT2D eigenvalue weighted by Gasteiger charge is 2.51. The first-order chi connectivity index (χ1) is 12.4. The van der Waals surface area contributed by atoms with Gasteiger partial charge in [-0.05, 0) is 37.6 Å². The maximum atomic E-state index is 12.5. The molecule has 8 heteroatoms. The largest absolute Gasteiger partial charge is 0.465 e. The van der Waals surface area contributed by atoms with Gasteiger partial charge in [0.05, 0.1) is 18.8 Å². The molecule has 2 heterocycles. The average Bonchev–Trinajstić information content (AvgIpc) is 3.40. The van der Waals surface area contributed by atoms with Gasteiger partial charge in [-0.15, -0.1) is 0 Å². The van der Waals surface area contributed by atoms with Crippen LogP contribution in [0.2, 0.25) is 0 Å². The standard InChI is InChI=1S/C18H31N3O5/c1-26-13-14(21-11-10-20(17(24)25)8-3-16(21)23)2-7-19-9-6-18(4-5-18)15(22)12-19/h14-15,22H,2-13H2,1H3,(H,24,25)/t14-,15+/m0/s1. The number of carbonyl (C=O) groups excluding carboxylic acids is 1.